The van der Waals surface area contributed by atoms with E-state index in [0.29, 0.717) is 16.1 Å². The Labute approximate surface area is 127 Å². The van der Waals surface area contributed by atoms with Gasteiger partial charge in [0.1, 0.15) is 0 Å². The van der Waals surface area contributed by atoms with E-state index in [0.717, 1.165) is 5.56 Å². The monoisotopic (exact) mass is 297 g/mol. The zero-order chi connectivity index (χ0) is 14.8. The van der Waals surface area contributed by atoms with Gasteiger partial charge in [0, 0.05) is 11.6 Å². The summed E-state index contributed by atoms with van der Waals surface area (Å²) < 4.78 is 0. The van der Waals surface area contributed by atoms with Crippen molar-refractivity contribution in [2.75, 3.05) is 6.54 Å². The Balaban J connectivity index is 1.77. The lowest BCUT2D eigenvalue weighted by atomic mass is 10.1. The highest BCUT2D eigenvalue weighted by Gasteiger charge is 2.33. The lowest BCUT2D eigenvalue weighted by Gasteiger charge is -2.10. The molecule has 21 heavy (non-hydrogen) atoms. The first-order chi connectivity index (χ1) is 10.2. The van der Waals surface area contributed by atoms with Gasteiger partial charge in [-0.05, 0) is 23.8 Å². The van der Waals surface area contributed by atoms with Crippen LogP contribution in [0.1, 0.15) is 26.3 Å². The molecule has 0 unspecified atom stereocenters. The number of imide groups is 1. The number of hydrogen-bond acceptors (Lipinski definition) is 2. The number of fused-ring (bicyclic) bond motifs is 1. The molecule has 0 radical (unpaired) electrons. The third kappa shape index (κ3) is 2.48. The molecule has 1 aliphatic rings. The first kappa shape index (κ1) is 13.6. The van der Waals surface area contributed by atoms with Crippen molar-refractivity contribution >= 4 is 29.5 Å². The predicted octanol–water partition coefficient (Wildman–Crippen LogP) is 3.65. The molecule has 2 aromatic carbocycles. The summed E-state index contributed by atoms with van der Waals surface area (Å²) in [4.78, 5) is 25.6. The Morgan fingerprint density at radius 2 is 1.48 bits per heavy atom. The highest BCUT2D eigenvalue weighted by atomic mass is 35.5. The summed E-state index contributed by atoms with van der Waals surface area (Å²) in [5, 5.41) is 0.635. The molecule has 0 N–H and O–H groups in total. The van der Waals surface area contributed by atoms with E-state index in [1.54, 1.807) is 36.4 Å². The van der Waals surface area contributed by atoms with Gasteiger partial charge in [0.2, 0.25) is 0 Å². The number of carbonyl (C=O) groups excluding carboxylic acids is 2. The Morgan fingerprint density at radius 3 is 2.10 bits per heavy atom. The fraction of sp³-hybridized carbons (Fsp3) is 0.0588. The fourth-order valence-corrected chi connectivity index (χ4v) is 2.50. The molecular formula is C17H12ClNO2. The van der Waals surface area contributed by atoms with E-state index in [1.807, 2.05) is 24.3 Å². The van der Waals surface area contributed by atoms with Crippen LogP contribution in [0, 0.1) is 0 Å². The normalized spacial score (nSPS) is 14.0. The van der Waals surface area contributed by atoms with Crippen molar-refractivity contribution in [3.05, 3.63) is 76.3 Å². The predicted molar refractivity (Wildman–Crippen MR) is 82.3 cm³/mol. The number of benzene rings is 2. The van der Waals surface area contributed by atoms with Gasteiger partial charge in [-0.2, -0.15) is 0 Å². The van der Waals surface area contributed by atoms with Crippen LogP contribution in [0.3, 0.4) is 0 Å². The molecule has 4 heteroatoms. The second kappa shape index (κ2) is 5.54. The Morgan fingerprint density at radius 1 is 0.905 bits per heavy atom. The summed E-state index contributed by atoms with van der Waals surface area (Å²) in [5.74, 6) is -0.501. The molecule has 104 valence electrons. The van der Waals surface area contributed by atoms with Gasteiger partial charge >= 0.3 is 0 Å². The maximum atomic E-state index is 12.2. The van der Waals surface area contributed by atoms with Crippen molar-refractivity contribution in [2.24, 2.45) is 0 Å². The summed E-state index contributed by atoms with van der Waals surface area (Å²) in [6, 6.07) is 14.3. The number of nitrogens with zero attached hydrogens (tertiary/aromatic N) is 1. The largest absolute Gasteiger partial charge is 0.270 e. The first-order valence-corrected chi connectivity index (χ1v) is 6.92. The summed E-state index contributed by atoms with van der Waals surface area (Å²) in [7, 11) is 0. The molecule has 0 aromatic heterocycles. The van der Waals surface area contributed by atoms with Crippen LogP contribution in [0.2, 0.25) is 5.02 Å². The number of rotatable bonds is 3. The van der Waals surface area contributed by atoms with Crippen LogP contribution >= 0.6 is 11.6 Å². The molecule has 1 heterocycles. The van der Waals surface area contributed by atoms with Crippen molar-refractivity contribution in [3.63, 3.8) is 0 Å². The number of hydrogen-bond donors (Lipinski definition) is 0. The van der Waals surface area contributed by atoms with Crippen LogP contribution in [0.25, 0.3) is 6.08 Å². The van der Waals surface area contributed by atoms with Crippen molar-refractivity contribution in [1.82, 2.24) is 4.90 Å². The van der Waals surface area contributed by atoms with Gasteiger partial charge < -0.3 is 0 Å². The van der Waals surface area contributed by atoms with E-state index in [1.165, 1.54) is 4.90 Å². The van der Waals surface area contributed by atoms with E-state index in [4.69, 9.17) is 11.6 Å². The minimum Gasteiger partial charge on any atom is -0.270 e. The number of halogens is 1. The van der Waals surface area contributed by atoms with E-state index in [9.17, 15) is 9.59 Å². The van der Waals surface area contributed by atoms with Gasteiger partial charge in [-0.25, -0.2) is 0 Å². The molecule has 0 spiro atoms. The summed E-state index contributed by atoms with van der Waals surface area (Å²) in [6.07, 6.45) is 3.58. The summed E-state index contributed by atoms with van der Waals surface area (Å²) >= 11 is 6.05. The minimum absolute atomic E-state index is 0.234. The molecule has 2 aromatic rings. The third-order valence-corrected chi connectivity index (χ3v) is 3.71. The van der Waals surface area contributed by atoms with E-state index < -0.39 is 0 Å². The van der Waals surface area contributed by atoms with E-state index in [-0.39, 0.29) is 18.4 Å². The van der Waals surface area contributed by atoms with E-state index >= 15 is 0 Å². The highest BCUT2D eigenvalue weighted by molar-refractivity contribution is 6.32. The topological polar surface area (TPSA) is 37.4 Å². The van der Waals surface area contributed by atoms with Gasteiger partial charge in [0.25, 0.3) is 11.8 Å². The lowest BCUT2D eigenvalue weighted by molar-refractivity contribution is 0.0672. The molecule has 0 saturated heterocycles. The van der Waals surface area contributed by atoms with Crippen LogP contribution in [0.5, 0.6) is 0 Å². The Kier molecular flexibility index (Phi) is 3.59. The van der Waals surface area contributed by atoms with Crippen LogP contribution < -0.4 is 0 Å². The standard InChI is InChI=1S/C17H12ClNO2/c18-15-10-4-1-6-12(15)7-5-11-19-16(20)13-8-2-3-9-14(13)17(19)21/h1-10H,11H2. The molecule has 1 aliphatic heterocycles. The second-order valence-electron chi connectivity index (χ2n) is 4.69. The molecule has 3 rings (SSSR count). The van der Waals surface area contributed by atoms with Crippen LogP contribution in [-0.4, -0.2) is 23.3 Å². The summed E-state index contributed by atoms with van der Waals surface area (Å²) in [5.41, 5.74) is 1.79. The smallest absolute Gasteiger partial charge is 0.261 e. The van der Waals surface area contributed by atoms with Crippen molar-refractivity contribution in [1.29, 1.82) is 0 Å². The van der Waals surface area contributed by atoms with Crippen LogP contribution in [-0.2, 0) is 0 Å². The molecule has 0 bridgehead atoms. The third-order valence-electron chi connectivity index (χ3n) is 3.37. The van der Waals surface area contributed by atoms with Gasteiger partial charge in [-0.15, -0.1) is 0 Å². The first-order valence-electron chi connectivity index (χ1n) is 6.55. The van der Waals surface area contributed by atoms with Crippen molar-refractivity contribution in [3.8, 4) is 0 Å². The zero-order valence-electron chi connectivity index (χ0n) is 11.1. The fourth-order valence-electron chi connectivity index (χ4n) is 2.30. The van der Waals surface area contributed by atoms with E-state index in [2.05, 4.69) is 0 Å². The van der Waals surface area contributed by atoms with Crippen molar-refractivity contribution < 1.29 is 9.59 Å². The Hall–Kier alpha value is -2.39. The molecule has 2 amide bonds. The second-order valence-corrected chi connectivity index (χ2v) is 5.10. The highest BCUT2D eigenvalue weighted by Crippen LogP contribution is 2.22. The SMILES string of the molecule is O=C1c2ccccc2C(=O)N1CC=Cc1ccccc1Cl. The van der Waals surface area contributed by atoms with Gasteiger partial charge in [0.05, 0.1) is 11.1 Å². The van der Waals surface area contributed by atoms with Crippen LogP contribution in [0.4, 0.5) is 0 Å². The average molecular weight is 298 g/mol. The lowest BCUT2D eigenvalue weighted by Crippen LogP contribution is -2.29. The molecule has 0 aliphatic carbocycles. The molecule has 0 fully saturated rings. The summed E-state index contributed by atoms with van der Waals surface area (Å²) in [6.45, 7) is 0.234. The molecular weight excluding hydrogens is 286 g/mol. The van der Waals surface area contributed by atoms with Crippen molar-refractivity contribution in [2.45, 2.75) is 0 Å². The van der Waals surface area contributed by atoms with Gasteiger partial charge in [0.15, 0.2) is 0 Å². The maximum Gasteiger partial charge on any atom is 0.261 e. The number of amides is 2. The maximum absolute atomic E-state index is 12.2. The molecule has 3 nitrogen and oxygen atoms in total. The Bertz CT molecular complexity index is 717. The molecule has 0 saturated carbocycles. The van der Waals surface area contributed by atoms with Gasteiger partial charge in [-0.3, -0.25) is 14.5 Å². The average Bonchev–Trinajstić information content (AvgIpc) is 2.74. The quantitative estimate of drug-likeness (QED) is 0.811. The molecule has 0 atom stereocenters. The number of carbonyl (C=O) groups is 2. The zero-order valence-corrected chi connectivity index (χ0v) is 11.9. The minimum atomic E-state index is -0.251. The van der Waals surface area contributed by atoms with Crippen LogP contribution in [0.15, 0.2) is 54.6 Å². The van der Waals surface area contributed by atoms with Gasteiger partial charge in [-0.1, -0.05) is 54.1 Å².